The molecular formula is C26H46BNO3S. The summed E-state index contributed by atoms with van der Waals surface area (Å²) in [5.74, 6) is -0.335. The van der Waals surface area contributed by atoms with Gasteiger partial charge in [-0.15, -0.1) is 11.8 Å². The maximum absolute atomic E-state index is 13.3. The zero-order valence-electron chi connectivity index (χ0n) is 21.5. The average Bonchev–Trinajstić information content (AvgIpc) is 3.00. The molecule has 182 valence electrons. The van der Waals surface area contributed by atoms with Crippen molar-refractivity contribution >= 4 is 37.1 Å². The van der Waals surface area contributed by atoms with Crippen LogP contribution in [-0.2, 0) is 14.4 Å². The normalized spacial score (nSPS) is 17.6. The molecule has 0 N–H and O–H groups in total. The topological polar surface area (TPSA) is 54.5 Å². The van der Waals surface area contributed by atoms with Gasteiger partial charge in [0.1, 0.15) is 0 Å². The third-order valence-corrected chi connectivity index (χ3v) is 8.98. The Kier molecular flexibility index (Phi) is 12.6. The number of thioether (sulfide) groups is 1. The second-order valence-electron chi connectivity index (χ2n) is 10.5. The second kappa shape index (κ2) is 13.8. The van der Waals surface area contributed by atoms with Gasteiger partial charge in [-0.2, -0.15) is 0 Å². The molecule has 2 radical (unpaired) electrons. The van der Waals surface area contributed by atoms with Crippen molar-refractivity contribution in [2.24, 2.45) is 5.41 Å². The van der Waals surface area contributed by atoms with Gasteiger partial charge in [-0.05, 0) is 26.7 Å². The van der Waals surface area contributed by atoms with Crippen LogP contribution in [0.2, 0.25) is 0 Å². The van der Waals surface area contributed by atoms with Crippen molar-refractivity contribution in [3.63, 3.8) is 0 Å². The highest BCUT2D eigenvalue weighted by atomic mass is 32.2. The van der Waals surface area contributed by atoms with Gasteiger partial charge in [0.15, 0.2) is 7.85 Å². The minimum Gasteiger partial charge on any atom is -0.312 e. The first kappa shape index (κ1) is 29.3. The number of nitrogens with zero attached hydrogens (tertiary/aromatic N) is 1. The molecule has 6 heteroatoms. The minimum atomic E-state index is -1.00. The second-order valence-corrected chi connectivity index (χ2v) is 12.0. The zero-order valence-corrected chi connectivity index (χ0v) is 22.3. The number of carbonyl (C=O) groups is 3. The fraction of sp³-hybridized carbons (Fsp3) is 0.885. The molecule has 1 atom stereocenters. The van der Waals surface area contributed by atoms with Gasteiger partial charge in [-0.3, -0.25) is 14.5 Å². The quantitative estimate of drug-likeness (QED) is 0.142. The van der Waals surface area contributed by atoms with E-state index in [0.29, 0.717) is 5.25 Å². The van der Waals surface area contributed by atoms with Crippen LogP contribution in [-0.4, -0.2) is 46.3 Å². The van der Waals surface area contributed by atoms with E-state index in [2.05, 4.69) is 13.8 Å². The first-order chi connectivity index (χ1) is 15.0. The number of hydrogen-bond acceptors (Lipinski definition) is 4. The Hall–Kier alpha value is -0.775. The van der Waals surface area contributed by atoms with E-state index in [1.165, 1.54) is 69.1 Å². The maximum Gasteiger partial charge on any atom is 0.243 e. The highest BCUT2D eigenvalue weighted by Crippen LogP contribution is 2.42. The lowest BCUT2D eigenvalue weighted by molar-refractivity contribution is -0.151. The van der Waals surface area contributed by atoms with E-state index in [1.807, 2.05) is 0 Å². The lowest BCUT2D eigenvalue weighted by Gasteiger charge is -2.45. The van der Waals surface area contributed by atoms with Gasteiger partial charge in [-0.1, -0.05) is 91.9 Å². The lowest BCUT2D eigenvalue weighted by Crippen LogP contribution is -2.59. The molecule has 0 aromatic rings. The monoisotopic (exact) mass is 463 g/mol. The molecule has 0 saturated carbocycles. The van der Waals surface area contributed by atoms with Gasteiger partial charge >= 0.3 is 0 Å². The van der Waals surface area contributed by atoms with Crippen molar-refractivity contribution in [3.05, 3.63) is 0 Å². The first-order valence-electron chi connectivity index (χ1n) is 12.8. The zero-order chi connectivity index (χ0) is 24.4. The number of imide groups is 1. The predicted octanol–water partition coefficient (Wildman–Crippen LogP) is 6.44. The van der Waals surface area contributed by atoms with Crippen LogP contribution < -0.4 is 0 Å². The predicted molar refractivity (Wildman–Crippen MR) is 137 cm³/mol. The van der Waals surface area contributed by atoms with Gasteiger partial charge in [0, 0.05) is 17.1 Å². The summed E-state index contributed by atoms with van der Waals surface area (Å²) in [6.07, 6.45) is 14.9. The van der Waals surface area contributed by atoms with E-state index in [0.717, 1.165) is 12.8 Å². The van der Waals surface area contributed by atoms with Crippen LogP contribution in [0, 0.1) is 5.41 Å². The van der Waals surface area contributed by atoms with Gasteiger partial charge < -0.3 is 4.79 Å². The fourth-order valence-corrected chi connectivity index (χ4v) is 5.87. The van der Waals surface area contributed by atoms with Crippen molar-refractivity contribution in [2.75, 3.05) is 0 Å². The van der Waals surface area contributed by atoms with Crippen molar-refractivity contribution in [2.45, 2.75) is 141 Å². The molecule has 0 spiro atoms. The van der Waals surface area contributed by atoms with Crippen molar-refractivity contribution < 1.29 is 14.4 Å². The molecule has 1 fully saturated rings. The summed E-state index contributed by atoms with van der Waals surface area (Å²) in [5.41, 5.74) is -2.47. The van der Waals surface area contributed by atoms with Gasteiger partial charge in [0.25, 0.3) is 0 Å². The number of rotatable bonds is 17. The van der Waals surface area contributed by atoms with Gasteiger partial charge in [-0.25, -0.2) is 0 Å². The lowest BCUT2D eigenvalue weighted by atomic mass is 9.65. The largest absolute Gasteiger partial charge is 0.312 e. The molecule has 4 nitrogen and oxygen atoms in total. The Morgan fingerprint density at radius 3 is 1.84 bits per heavy atom. The Morgan fingerprint density at radius 2 is 1.41 bits per heavy atom. The number of hydrogen-bond donors (Lipinski definition) is 0. The molecule has 1 heterocycles. The molecule has 0 bridgehead atoms. The summed E-state index contributed by atoms with van der Waals surface area (Å²) < 4.78 is 0. The number of likely N-dealkylation sites (tertiary alicyclic amines) is 1. The van der Waals surface area contributed by atoms with Crippen LogP contribution in [0.25, 0.3) is 0 Å². The Labute approximate surface area is 202 Å². The summed E-state index contributed by atoms with van der Waals surface area (Å²) in [6, 6.07) is 0. The molecule has 0 aromatic heterocycles. The van der Waals surface area contributed by atoms with E-state index in [4.69, 9.17) is 7.85 Å². The molecular weight excluding hydrogens is 417 g/mol. The summed E-state index contributed by atoms with van der Waals surface area (Å²) in [4.78, 5) is 39.6. The average molecular weight is 464 g/mol. The SMILES string of the molecule is [B]C(=O)C(C)(C)C(C)(C)N1C(=O)CC(SC(CCCCCCC)CCCCCCC)C1=O. The van der Waals surface area contributed by atoms with Crippen molar-refractivity contribution in [3.8, 4) is 0 Å². The minimum absolute atomic E-state index is 0.152. The Balaban J connectivity index is 2.81. The molecule has 1 rings (SSSR count). The molecule has 1 aliphatic heterocycles. The van der Waals surface area contributed by atoms with Crippen LogP contribution >= 0.6 is 11.8 Å². The summed E-state index contributed by atoms with van der Waals surface area (Å²) in [7, 11) is 5.62. The molecule has 1 unspecified atom stereocenters. The van der Waals surface area contributed by atoms with Crippen LogP contribution in [0.3, 0.4) is 0 Å². The summed E-state index contributed by atoms with van der Waals surface area (Å²) in [5, 5.41) is 0.0638. The Bertz CT molecular complexity index is 606. The summed E-state index contributed by atoms with van der Waals surface area (Å²) >= 11 is 1.70. The highest BCUT2D eigenvalue weighted by molar-refractivity contribution is 8.01. The molecule has 32 heavy (non-hydrogen) atoms. The first-order valence-corrected chi connectivity index (χ1v) is 13.8. The van der Waals surface area contributed by atoms with E-state index in [1.54, 1.807) is 39.5 Å². The highest BCUT2D eigenvalue weighted by Gasteiger charge is 2.53. The van der Waals surface area contributed by atoms with Crippen LogP contribution in [0.4, 0.5) is 0 Å². The smallest absolute Gasteiger partial charge is 0.243 e. The van der Waals surface area contributed by atoms with Gasteiger partial charge in [0.2, 0.25) is 11.8 Å². The Morgan fingerprint density at radius 1 is 0.938 bits per heavy atom. The molecule has 0 aromatic carbocycles. The maximum atomic E-state index is 13.3. The molecule has 1 saturated heterocycles. The van der Waals surface area contributed by atoms with Crippen molar-refractivity contribution in [1.82, 2.24) is 4.90 Å². The molecule has 1 aliphatic rings. The third kappa shape index (κ3) is 7.92. The van der Waals surface area contributed by atoms with Crippen LogP contribution in [0.15, 0.2) is 0 Å². The van der Waals surface area contributed by atoms with E-state index < -0.39 is 16.6 Å². The number of amides is 2. The van der Waals surface area contributed by atoms with Crippen LogP contribution in [0.5, 0.6) is 0 Å². The third-order valence-electron chi connectivity index (χ3n) is 7.43. The standard InChI is InChI=1S/C26H46BNO3S/c1-7-9-11-13-15-17-20(18-16-14-12-10-8-2)32-21-19-22(29)28(23(21)30)26(5,6)25(3,4)24(27)31/h20-21H,7-19H2,1-6H3. The van der Waals surface area contributed by atoms with E-state index >= 15 is 0 Å². The van der Waals surface area contributed by atoms with Gasteiger partial charge in [0.05, 0.1) is 16.5 Å². The molecule has 0 aliphatic carbocycles. The summed E-state index contributed by atoms with van der Waals surface area (Å²) in [6.45, 7) is 11.4. The van der Waals surface area contributed by atoms with E-state index in [9.17, 15) is 14.4 Å². The molecule has 2 amide bonds. The fourth-order valence-electron chi connectivity index (χ4n) is 4.34. The van der Waals surface area contributed by atoms with E-state index in [-0.39, 0.29) is 23.5 Å². The van der Waals surface area contributed by atoms with Crippen LogP contribution in [0.1, 0.15) is 125 Å². The number of carbonyl (C=O) groups excluding carboxylic acids is 3. The van der Waals surface area contributed by atoms with Crippen molar-refractivity contribution in [1.29, 1.82) is 0 Å². The number of unbranched alkanes of at least 4 members (excludes halogenated alkanes) is 8.